The third-order valence-corrected chi connectivity index (χ3v) is 6.30. The number of pyridine rings is 1. The lowest BCUT2D eigenvalue weighted by atomic mass is 10.2. The minimum Gasteiger partial charge on any atom is -0.457 e. The minimum absolute atomic E-state index is 0.0181. The predicted molar refractivity (Wildman–Crippen MR) is 112 cm³/mol. The highest BCUT2D eigenvalue weighted by molar-refractivity contribution is 7.92. The molecule has 0 aliphatic carbocycles. The molecular formula is C22H21F3N2O3S. The Kier molecular flexibility index (Phi) is 6.84. The maximum absolute atomic E-state index is 12.9. The summed E-state index contributed by atoms with van der Waals surface area (Å²) in [5.74, 6) is 0.307. The molecule has 0 fully saturated rings. The summed E-state index contributed by atoms with van der Waals surface area (Å²) in [7, 11) is -3.58. The molecule has 3 aromatic rings. The highest BCUT2D eigenvalue weighted by Gasteiger charge is 2.30. The average molecular weight is 450 g/mol. The number of sulfonamides is 1. The Hall–Kier alpha value is -3.07. The summed E-state index contributed by atoms with van der Waals surface area (Å²) in [4.78, 5) is 4.02. The summed E-state index contributed by atoms with van der Waals surface area (Å²) in [6, 6.07) is 14.2. The summed E-state index contributed by atoms with van der Waals surface area (Å²) in [5.41, 5.74) is 0.343. The number of ether oxygens (including phenoxy) is 1. The molecule has 0 atom stereocenters. The van der Waals surface area contributed by atoms with Crippen LogP contribution >= 0.6 is 0 Å². The van der Waals surface area contributed by atoms with Gasteiger partial charge in [-0.1, -0.05) is 19.1 Å². The number of aromatic nitrogens is 1. The number of nitrogens with zero attached hydrogens (tertiary/aromatic N) is 2. The van der Waals surface area contributed by atoms with Crippen LogP contribution in [0.25, 0.3) is 0 Å². The van der Waals surface area contributed by atoms with Crippen molar-refractivity contribution in [3.63, 3.8) is 0 Å². The van der Waals surface area contributed by atoms with Crippen LogP contribution in [0.3, 0.4) is 0 Å². The average Bonchev–Trinajstić information content (AvgIpc) is 2.73. The number of anilines is 1. The first-order valence-corrected chi connectivity index (χ1v) is 11.1. The van der Waals surface area contributed by atoms with Gasteiger partial charge in [-0.25, -0.2) is 8.42 Å². The molecule has 0 saturated carbocycles. The molecule has 164 valence electrons. The van der Waals surface area contributed by atoms with Crippen molar-refractivity contribution in [2.45, 2.75) is 26.1 Å². The highest BCUT2D eigenvalue weighted by Crippen LogP contribution is 2.33. The van der Waals surface area contributed by atoms with E-state index in [1.165, 1.54) is 28.6 Å². The van der Waals surface area contributed by atoms with Gasteiger partial charge in [-0.3, -0.25) is 9.29 Å². The topological polar surface area (TPSA) is 59.5 Å². The normalized spacial score (nSPS) is 11.9. The predicted octanol–water partition coefficient (Wildman–Crippen LogP) is 5.64. The lowest BCUT2D eigenvalue weighted by Crippen LogP contribution is -2.32. The largest absolute Gasteiger partial charge is 0.457 e. The molecule has 31 heavy (non-hydrogen) atoms. The first-order valence-electron chi connectivity index (χ1n) is 9.53. The van der Waals surface area contributed by atoms with E-state index in [0.29, 0.717) is 12.1 Å². The number of rotatable bonds is 8. The fraction of sp³-hybridized carbons (Fsp3) is 0.227. The van der Waals surface area contributed by atoms with Crippen LogP contribution in [-0.4, -0.2) is 19.2 Å². The Bertz CT molecular complexity index is 1100. The SMILES string of the molecule is CCCS(=O)(=O)N(Cc1cccnc1)c1ccc(Oc2cccc(C(F)(F)F)c2)cc1. The maximum atomic E-state index is 12.9. The van der Waals surface area contributed by atoms with E-state index in [0.717, 1.165) is 17.7 Å². The summed E-state index contributed by atoms with van der Waals surface area (Å²) < 4.78 is 71.1. The van der Waals surface area contributed by atoms with Crippen molar-refractivity contribution in [3.8, 4) is 11.5 Å². The van der Waals surface area contributed by atoms with Gasteiger partial charge >= 0.3 is 6.18 Å². The van der Waals surface area contributed by atoms with E-state index in [-0.39, 0.29) is 23.8 Å². The van der Waals surface area contributed by atoms with Gasteiger partial charge in [-0.05, 0) is 60.5 Å². The molecule has 0 N–H and O–H groups in total. The molecule has 0 bridgehead atoms. The molecule has 1 heterocycles. The van der Waals surface area contributed by atoms with E-state index in [2.05, 4.69) is 4.98 Å². The summed E-state index contributed by atoms with van der Waals surface area (Å²) in [5, 5.41) is 0. The van der Waals surface area contributed by atoms with Crippen LogP contribution in [0.1, 0.15) is 24.5 Å². The fourth-order valence-electron chi connectivity index (χ4n) is 2.93. The van der Waals surface area contributed by atoms with E-state index < -0.39 is 21.8 Å². The highest BCUT2D eigenvalue weighted by atomic mass is 32.2. The number of halogens is 3. The van der Waals surface area contributed by atoms with Crippen LogP contribution in [0.2, 0.25) is 0 Å². The lowest BCUT2D eigenvalue weighted by molar-refractivity contribution is -0.137. The van der Waals surface area contributed by atoms with Gasteiger partial charge in [0.15, 0.2) is 0 Å². The second-order valence-electron chi connectivity index (χ2n) is 6.81. The zero-order valence-electron chi connectivity index (χ0n) is 16.7. The van der Waals surface area contributed by atoms with Crippen LogP contribution in [-0.2, 0) is 22.7 Å². The van der Waals surface area contributed by atoms with Gasteiger partial charge in [0.25, 0.3) is 0 Å². The molecule has 0 unspecified atom stereocenters. The number of benzene rings is 2. The van der Waals surface area contributed by atoms with Crippen LogP contribution in [0.5, 0.6) is 11.5 Å². The Balaban J connectivity index is 1.84. The zero-order chi connectivity index (χ0) is 22.5. The summed E-state index contributed by atoms with van der Waals surface area (Å²) in [6.45, 7) is 1.90. The molecule has 0 amide bonds. The van der Waals surface area contributed by atoms with Crippen LogP contribution < -0.4 is 9.04 Å². The second-order valence-corrected chi connectivity index (χ2v) is 8.82. The van der Waals surface area contributed by atoms with Gasteiger partial charge in [0.05, 0.1) is 23.5 Å². The number of hydrogen-bond donors (Lipinski definition) is 0. The quantitative estimate of drug-likeness (QED) is 0.446. The van der Waals surface area contributed by atoms with Gasteiger partial charge in [-0.2, -0.15) is 13.2 Å². The lowest BCUT2D eigenvalue weighted by Gasteiger charge is -2.24. The van der Waals surface area contributed by atoms with Crippen molar-refractivity contribution in [2.75, 3.05) is 10.1 Å². The Morgan fingerprint density at radius 2 is 1.74 bits per heavy atom. The summed E-state index contributed by atoms with van der Waals surface area (Å²) in [6.07, 6.45) is -0.805. The third kappa shape index (κ3) is 5.97. The van der Waals surface area contributed by atoms with Gasteiger partial charge in [0, 0.05) is 12.4 Å². The van der Waals surface area contributed by atoms with E-state index in [1.807, 2.05) is 0 Å². The minimum atomic E-state index is -4.47. The molecule has 0 spiro atoms. The van der Waals surface area contributed by atoms with Gasteiger partial charge in [0.2, 0.25) is 10.0 Å². The second kappa shape index (κ2) is 9.38. The van der Waals surface area contributed by atoms with E-state index in [4.69, 9.17) is 4.74 Å². The Morgan fingerprint density at radius 1 is 1.00 bits per heavy atom. The molecule has 1 aromatic heterocycles. The Labute approximate surface area is 179 Å². The smallest absolute Gasteiger partial charge is 0.416 e. The van der Waals surface area contributed by atoms with Gasteiger partial charge < -0.3 is 4.74 Å². The number of hydrogen-bond acceptors (Lipinski definition) is 4. The van der Waals surface area contributed by atoms with Gasteiger partial charge in [0.1, 0.15) is 11.5 Å². The molecular weight excluding hydrogens is 429 g/mol. The van der Waals surface area contributed by atoms with Crippen molar-refractivity contribution in [2.24, 2.45) is 0 Å². The van der Waals surface area contributed by atoms with Crippen molar-refractivity contribution in [3.05, 3.63) is 84.2 Å². The first kappa shape index (κ1) is 22.6. The molecule has 5 nitrogen and oxygen atoms in total. The van der Waals surface area contributed by atoms with E-state index in [1.54, 1.807) is 43.6 Å². The molecule has 9 heteroatoms. The summed E-state index contributed by atoms with van der Waals surface area (Å²) >= 11 is 0. The zero-order valence-corrected chi connectivity index (χ0v) is 17.5. The number of alkyl halides is 3. The molecule has 0 aliphatic rings. The maximum Gasteiger partial charge on any atom is 0.416 e. The van der Waals surface area contributed by atoms with E-state index in [9.17, 15) is 21.6 Å². The third-order valence-electron chi connectivity index (χ3n) is 4.37. The molecule has 0 aliphatic heterocycles. The van der Waals surface area contributed by atoms with Crippen LogP contribution in [0, 0.1) is 0 Å². The van der Waals surface area contributed by atoms with E-state index >= 15 is 0 Å². The Morgan fingerprint density at radius 3 is 2.35 bits per heavy atom. The van der Waals surface area contributed by atoms with Crippen molar-refractivity contribution < 1.29 is 26.3 Å². The monoisotopic (exact) mass is 450 g/mol. The van der Waals surface area contributed by atoms with Gasteiger partial charge in [-0.15, -0.1) is 0 Å². The molecule has 0 radical (unpaired) electrons. The molecule has 0 saturated heterocycles. The standard InChI is InChI=1S/C22H21F3N2O3S/c1-2-13-31(28,29)27(16-17-5-4-12-26-15-17)19-8-10-20(11-9-19)30-21-7-3-6-18(14-21)22(23,24)25/h3-12,14-15H,2,13,16H2,1H3. The van der Waals surface area contributed by atoms with Crippen molar-refractivity contribution >= 4 is 15.7 Å². The van der Waals surface area contributed by atoms with Crippen molar-refractivity contribution in [1.29, 1.82) is 0 Å². The van der Waals surface area contributed by atoms with Crippen LogP contribution in [0.4, 0.5) is 18.9 Å². The van der Waals surface area contributed by atoms with Crippen LogP contribution in [0.15, 0.2) is 73.1 Å². The first-order chi connectivity index (χ1) is 14.7. The van der Waals surface area contributed by atoms with Crippen molar-refractivity contribution in [1.82, 2.24) is 4.98 Å². The fourth-order valence-corrected chi connectivity index (χ4v) is 4.45. The molecule has 2 aromatic carbocycles. The molecule has 3 rings (SSSR count).